The molecule has 6 N–H and O–H groups in total. The Balaban J connectivity index is 1.95. The molecule has 1 fully saturated rings. The molecule has 1 aliphatic rings. The molecule has 12 nitrogen and oxygen atoms in total. The minimum absolute atomic E-state index is 0.148. The molecule has 1 aromatic heterocycles. The molecule has 0 bridgehead atoms. The molecule has 3 rings (SSSR count). The standard InChI is InChI=1S/C26H34N6O6/c1-5-10-29-23(33)17-7-6-14(2)20(11-17)32(26(36)38-13-37-25(35)16(4)27)22(28)21-15(3)19(12-30-21)24(34)31-18-8-9-18/h6-7,11-12,16,18,28,30H,5,8-10,13,27H2,1-4H3,(H,29,33)(H,31,34). The summed E-state index contributed by atoms with van der Waals surface area (Å²) in [4.78, 5) is 54.1. The lowest BCUT2D eigenvalue weighted by Crippen LogP contribution is -2.40. The van der Waals surface area contributed by atoms with E-state index in [0.29, 0.717) is 23.2 Å². The van der Waals surface area contributed by atoms with Crippen LogP contribution in [0.5, 0.6) is 0 Å². The third kappa shape index (κ3) is 6.76. The molecule has 0 aliphatic heterocycles. The van der Waals surface area contributed by atoms with Gasteiger partial charge in [-0.25, -0.2) is 9.69 Å². The second-order valence-corrected chi connectivity index (χ2v) is 9.17. The van der Waals surface area contributed by atoms with Crippen LogP contribution in [0.25, 0.3) is 0 Å². The number of amides is 3. The Labute approximate surface area is 220 Å². The van der Waals surface area contributed by atoms with E-state index in [1.165, 1.54) is 19.2 Å². The first-order valence-corrected chi connectivity index (χ1v) is 12.4. The van der Waals surface area contributed by atoms with E-state index in [1.54, 1.807) is 26.0 Å². The van der Waals surface area contributed by atoms with Crippen LogP contribution in [0.4, 0.5) is 10.5 Å². The van der Waals surface area contributed by atoms with Gasteiger partial charge in [0, 0.05) is 24.3 Å². The van der Waals surface area contributed by atoms with Crippen LogP contribution in [0, 0.1) is 19.3 Å². The van der Waals surface area contributed by atoms with Crippen LogP contribution in [0.15, 0.2) is 24.4 Å². The first kappa shape index (κ1) is 28.4. The molecule has 1 heterocycles. The van der Waals surface area contributed by atoms with Gasteiger partial charge >= 0.3 is 12.1 Å². The summed E-state index contributed by atoms with van der Waals surface area (Å²) in [6, 6.07) is 3.97. The highest BCUT2D eigenvalue weighted by atomic mass is 16.7. The van der Waals surface area contributed by atoms with Gasteiger partial charge in [-0.1, -0.05) is 13.0 Å². The molecule has 1 unspecified atom stereocenters. The van der Waals surface area contributed by atoms with Crippen molar-refractivity contribution >= 4 is 35.4 Å². The fourth-order valence-corrected chi connectivity index (χ4v) is 3.56. The molecule has 3 amide bonds. The monoisotopic (exact) mass is 526 g/mol. The molecular formula is C26H34N6O6. The van der Waals surface area contributed by atoms with Crippen LogP contribution in [-0.4, -0.2) is 60.1 Å². The lowest BCUT2D eigenvalue weighted by atomic mass is 10.1. The summed E-state index contributed by atoms with van der Waals surface area (Å²) in [5, 5.41) is 14.6. The van der Waals surface area contributed by atoms with Crippen molar-refractivity contribution in [2.24, 2.45) is 5.73 Å². The Kier molecular flexibility index (Phi) is 9.24. The third-order valence-electron chi connectivity index (χ3n) is 5.94. The number of ether oxygens (including phenoxy) is 2. The molecule has 1 atom stereocenters. The van der Waals surface area contributed by atoms with Gasteiger partial charge < -0.3 is 30.8 Å². The molecule has 204 valence electrons. The minimum Gasteiger partial charge on any atom is -0.427 e. The summed E-state index contributed by atoms with van der Waals surface area (Å²) < 4.78 is 10.0. The maximum absolute atomic E-state index is 13.3. The number of aromatic amines is 1. The van der Waals surface area contributed by atoms with Crippen molar-refractivity contribution in [1.82, 2.24) is 15.6 Å². The average Bonchev–Trinajstić information content (AvgIpc) is 3.61. The number of nitrogens with two attached hydrogens (primary N) is 1. The number of amidine groups is 1. The number of carbonyl (C=O) groups excluding carboxylic acids is 4. The quantitative estimate of drug-likeness (QED) is 0.136. The van der Waals surface area contributed by atoms with Crippen LogP contribution in [0.2, 0.25) is 0 Å². The molecule has 1 aliphatic carbocycles. The number of H-pyrrole nitrogens is 1. The van der Waals surface area contributed by atoms with E-state index in [-0.39, 0.29) is 40.6 Å². The number of aryl methyl sites for hydroxylation is 1. The van der Waals surface area contributed by atoms with Crippen LogP contribution in [0.1, 0.15) is 70.6 Å². The van der Waals surface area contributed by atoms with E-state index in [1.807, 2.05) is 6.92 Å². The summed E-state index contributed by atoms with van der Waals surface area (Å²) in [6.45, 7) is 6.48. The molecule has 2 aromatic rings. The van der Waals surface area contributed by atoms with E-state index < -0.39 is 24.9 Å². The first-order chi connectivity index (χ1) is 18.0. The lowest BCUT2D eigenvalue weighted by molar-refractivity contribution is -0.152. The van der Waals surface area contributed by atoms with Gasteiger partial charge in [-0.3, -0.25) is 19.8 Å². The number of anilines is 1. The Morgan fingerprint density at radius 3 is 2.53 bits per heavy atom. The molecule has 1 saturated carbocycles. The Morgan fingerprint density at radius 1 is 1.18 bits per heavy atom. The number of nitrogens with one attached hydrogen (secondary N) is 4. The van der Waals surface area contributed by atoms with Crippen molar-refractivity contribution in [3.63, 3.8) is 0 Å². The molecule has 0 radical (unpaired) electrons. The highest BCUT2D eigenvalue weighted by Crippen LogP contribution is 2.27. The molecule has 1 aromatic carbocycles. The number of esters is 1. The van der Waals surface area contributed by atoms with Gasteiger partial charge in [-0.15, -0.1) is 0 Å². The topological polar surface area (TPSA) is 180 Å². The second-order valence-electron chi connectivity index (χ2n) is 9.17. The van der Waals surface area contributed by atoms with Crippen molar-refractivity contribution < 1.29 is 28.7 Å². The average molecular weight is 527 g/mol. The summed E-state index contributed by atoms with van der Waals surface area (Å²) in [5.74, 6) is -1.71. The SMILES string of the molecule is CCCNC(=O)c1ccc(C)c(N(C(=N)c2[nH]cc(C(=O)NC3CC3)c2C)C(=O)OCOC(=O)C(C)N)c1. The van der Waals surface area contributed by atoms with Crippen molar-refractivity contribution in [2.75, 3.05) is 18.2 Å². The van der Waals surface area contributed by atoms with E-state index in [4.69, 9.17) is 20.6 Å². The summed E-state index contributed by atoms with van der Waals surface area (Å²) >= 11 is 0. The largest absolute Gasteiger partial charge is 0.427 e. The van der Waals surface area contributed by atoms with Crippen molar-refractivity contribution in [1.29, 1.82) is 5.41 Å². The maximum atomic E-state index is 13.3. The van der Waals surface area contributed by atoms with E-state index in [2.05, 4.69) is 15.6 Å². The summed E-state index contributed by atoms with van der Waals surface area (Å²) in [7, 11) is 0. The van der Waals surface area contributed by atoms with Crippen LogP contribution < -0.4 is 21.3 Å². The zero-order valence-corrected chi connectivity index (χ0v) is 22.0. The van der Waals surface area contributed by atoms with E-state index in [0.717, 1.165) is 24.2 Å². The zero-order chi connectivity index (χ0) is 28.0. The highest BCUT2D eigenvalue weighted by molar-refractivity contribution is 6.21. The van der Waals surface area contributed by atoms with Crippen LogP contribution in [0.3, 0.4) is 0 Å². The minimum atomic E-state index is -1.03. The molecule has 0 saturated heterocycles. The smallest absolute Gasteiger partial charge is 0.423 e. The molecule has 0 spiro atoms. The Hall–Kier alpha value is -4.19. The van der Waals surface area contributed by atoms with Gasteiger partial charge in [0.25, 0.3) is 11.8 Å². The summed E-state index contributed by atoms with van der Waals surface area (Å²) in [5.41, 5.74) is 7.54. The number of carbonyl (C=O) groups is 4. The Morgan fingerprint density at radius 2 is 1.89 bits per heavy atom. The molecule has 12 heteroatoms. The predicted octanol–water partition coefficient (Wildman–Crippen LogP) is 2.48. The number of rotatable bonds is 10. The normalized spacial score (nSPS) is 13.3. The number of nitrogens with zero attached hydrogens (tertiary/aromatic N) is 1. The fraction of sp³-hybridized carbons (Fsp3) is 0.423. The lowest BCUT2D eigenvalue weighted by Gasteiger charge is -2.25. The number of aromatic nitrogens is 1. The number of benzene rings is 1. The maximum Gasteiger partial charge on any atom is 0.423 e. The number of hydrogen-bond acceptors (Lipinski definition) is 8. The highest BCUT2D eigenvalue weighted by Gasteiger charge is 2.30. The number of hydrogen-bond donors (Lipinski definition) is 5. The predicted molar refractivity (Wildman–Crippen MR) is 140 cm³/mol. The second kappa shape index (κ2) is 12.4. The molecule has 38 heavy (non-hydrogen) atoms. The van der Waals surface area contributed by atoms with Gasteiger partial charge in [0.1, 0.15) is 6.04 Å². The third-order valence-corrected chi connectivity index (χ3v) is 5.94. The van der Waals surface area contributed by atoms with Gasteiger partial charge in [0.05, 0.1) is 16.9 Å². The van der Waals surface area contributed by atoms with Crippen molar-refractivity contribution in [3.8, 4) is 0 Å². The molecular weight excluding hydrogens is 492 g/mol. The van der Waals surface area contributed by atoms with Gasteiger partial charge in [-0.2, -0.15) is 0 Å². The van der Waals surface area contributed by atoms with Crippen LogP contribution in [-0.2, 0) is 14.3 Å². The summed E-state index contributed by atoms with van der Waals surface area (Å²) in [6.07, 6.45) is 3.04. The van der Waals surface area contributed by atoms with Gasteiger partial charge in [0.2, 0.25) is 6.79 Å². The van der Waals surface area contributed by atoms with E-state index >= 15 is 0 Å². The van der Waals surface area contributed by atoms with Crippen molar-refractivity contribution in [2.45, 2.75) is 59.0 Å². The van der Waals surface area contributed by atoms with Crippen molar-refractivity contribution in [3.05, 3.63) is 52.3 Å². The Bertz CT molecular complexity index is 1230. The van der Waals surface area contributed by atoms with Crippen LogP contribution >= 0.6 is 0 Å². The first-order valence-electron chi connectivity index (χ1n) is 12.4. The van der Waals surface area contributed by atoms with Gasteiger partial charge in [-0.05, 0) is 63.3 Å². The fourth-order valence-electron chi connectivity index (χ4n) is 3.56. The zero-order valence-electron chi connectivity index (χ0n) is 22.0. The van der Waals surface area contributed by atoms with Gasteiger partial charge in [0.15, 0.2) is 5.84 Å². The van der Waals surface area contributed by atoms with E-state index in [9.17, 15) is 19.2 Å².